The lowest BCUT2D eigenvalue weighted by atomic mass is 9.83. The summed E-state index contributed by atoms with van der Waals surface area (Å²) in [5, 5.41) is 13.2. The van der Waals surface area contributed by atoms with Gasteiger partial charge < -0.3 is 19.9 Å². The zero-order valence-electron chi connectivity index (χ0n) is 15.1. The Morgan fingerprint density at radius 1 is 1.07 bits per heavy atom. The number of hydrogen-bond donors (Lipinski definition) is 2. The van der Waals surface area contributed by atoms with Crippen molar-refractivity contribution in [1.29, 1.82) is 0 Å². The minimum atomic E-state index is -1.88. The topological polar surface area (TPSA) is 105 Å². The van der Waals surface area contributed by atoms with Gasteiger partial charge in [-0.05, 0) is 30.3 Å². The molecule has 2 aliphatic rings. The molecule has 1 spiro atoms. The average Bonchev–Trinajstić information content (AvgIpc) is 3.13. The normalized spacial score (nSPS) is 20.4. The molecule has 0 bridgehead atoms. The lowest BCUT2D eigenvalue weighted by molar-refractivity contribution is -0.138. The van der Waals surface area contributed by atoms with E-state index in [0.717, 1.165) is 12.0 Å². The highest BCUT2D eigenvalue weighted by atomic mass is 16.5. The number of carbonyl (C=O) groups is 3. The Balaban J connectivity index is 2.02. The van der Waals surface area contributed by atoms with Crippen LogP contribution in [0.5, 0.6) is 5.75 Å². The second-order valence-corrected chi connectivity index (χ2v) is 6.26. The van der Waals surface area contributed by atoms with E-state index in [0.29, 0.717) is 22.7 Å². The Morgan fingerprint density at radius 2 is 1.75 bits per heavy atom. The minimum Gasteiger partial charge on any atom is -0.503 e. The molecule has 1 atom stereocenters. The number of fused-ring (bicyclic) bond motifs is 2. The number of methoxy groups -OCH3 is 2. The van der Waals surface area contributed by atoms with Crippen LogP contribution in [0.3, 0.4) is 0 Å². The van der Waals surface area contributed by atoms with Gasteiger partial charge in [0.15, 0.2) is 11.3 Å². The van der Waals surface area contributed by atoms with Crippen LogP contribution in [0, 0.1) is 0 Å². The van der Waals surface area contributed by atoms with Crippen LogP contribution >= 0.6 is 0 Å². The van der Waals surface area contributed by atoms with E-state index in [4.69, 9.17) is 9.47 Å². The third-order valence-corrected chi connectivity index (χ3v) is 4.95. The number of aliphatic hydroxyl groups excluding tert-OH is 1. The fourth-order valence-corrected chi connectivity index (χ4v) is 3.75. The van der Waals surface area contributed by atoms with E-state index in [1.165, 1.54) is 7.11 Å². The largest absolute Gasteiger partial charge is 0.503 e. The summed E-state index contributed by atoms with van der Waals surface area (Å²) in [6.45, 7) is 0. The standard InChI is InChI=1S/C20H16N2O6/c1-27-12-9-7-11(8-10-12)22-17(24)16(23)15(18(25)28-2)20(22)13-5-3-4-6-14(13)21-19(20)26/h3-10,23H,1-2H3,(H,21,26). The highest BCUT2D eigenvalue weighted by Gasteiger charge is 2.65. The number of anilines is 2. The van der Waals surface area contributed by atoms with E-state index >= 15 is 0 Å². The maximum atomic E-state index is 13.2. The summed E-state index contributed by atoms with van der Waals surface area (Å²) in [4.78, 5) is 39.9. The lowest BCUT2D eigenvalue weighted by Gasteiger charge is -2.34. The lowest BCUT2D eigenvalue weighted by Crippen LogP contribution is -2.52. The number of ether oxygens (including phenoxy) is 2. The molecule has 28 heavy (non-hydrogen) atoms. The van der Waals surface area contributed by atoms with E-state index in [2.05, 4.69) is 5.32 Å². The van der Waals surface area contributed by atoms with E-state index in [9.17, 15) is 19.5 Å². The van der Waals surface area contributed by atoms with Gasteiger partial charge in [-0.2, -0.15) is 0 Å². The average molecular weight is 380 g/mol. The maximum Gasteiger partial charge on any atom is 0.341 e. The van der Waals surface area contributed by atoms with Gasteiger partial charge in [-0.15, -0.1) is 0 Å². The molecule has 2 N–H and O–H groups in total. The molecule has 2 amide bonds. The summed E-state index contributed by atoms with van der Waals surface area (Å²) < 4.78 is 9.92. The van der Waals surface area contributed by atoms with Gasteiger partial charge in [0.2, 0.25) is 0 Å². The molecular weight excluding hydrogens is 364 g/mol. The van der Waals surface area contributed by atoms with Crippen LogP contribution in [-0.2, 0) is 24.7 Å². The predicted molar refractivity (Wildman–Crippen MR) is 98.9 cm³/mol. The first-order chi connectivity index (χ1) is 13.5. The van der Waals surface area contributed by atoms with Crippen molar-refractivity contribution >= 4 is 29.2 Å². The Morgan fingerprint density at radius 3 is 2.39 bits per heavy atom. The van der Waals surface area contributed by atoms with Crippen molar-refractivity contribution in [2.75, 3.05) is 24.4 Å². The number of benzene rings is 2. The molecule has 8 nitrogen and oxygen atoms in total. The van der Waals surface area contributed by atoms with Crippen molar-refractivity contribution in [3.8, 4) is 5.75 Å². The first kappa shape index (κ1) is 17.6. The SMILES string of the molecule is COC(=O)C1=C(O)C(=O)N(c2ccc(OC)cc2)C12C(=O)Nc1ccccc12. The van der Waals surface area contributed by atoms with Crippen LogP contribution in [0.4, 0.5) is 11.4 Å². The first-order valence-electron chi connectivity index (χ1n) is 8.38. The molecule has 142 valence electrons. The summed E-state index contributed by atoms with van der Waals surface area (Å²) >= 11 is 0. The zero-order chi connectivity index (χ0) is 20.1. The van der Waals surface area contributed by atoms with Gasteiger partial charge >= 0.3 is 5.97 Å². The molecule has 2 aromatic rings. The predicted octanol–water partition coefficient (Wildman–Crippen LogP) is 1.87. The summed E-state index contributed by atoms with van der Waals surface area (Å²) in [7, 11) is 2.62. The van der Waals surface area contributed by atoms with E-state index in [1.807, 2.05) is 0 Å². The van der Waals surface area contributed by atoms with Gasteiger partial charge in [-0.3, -0.25) is 14.5 Å². The quantitative estimate of drug-likeness (QED) is 0.788. The van der Waals surface area contributed by atoms with Crippen molar-refractivity contribution < 1.29 is 29.0 Å². The molecule has 0 aliphatic carbocycles. The first-order valence-corrected chi connectivity index (χ1v) is 8.38. The molecule has 2 heterocycles. The van der Waals surface area contributed by atoms with Gasteiger partial charge in [-0.25, -0.2) is 4.79 Å². The number of rotatable bonds is 3. The molecule has 1 unspecified atom stereocenters. The van der Waals surface area contributed by atoms with E-state index in [-0.39, 0.29) is 0 Å². The molecule has 0 saturated heterocycles. The molecule has 2 aromatic carbocycles. The zero-order valence-corrected chi connectivity index (χ0v) is 15.1. The number of nitrogens with zero attached hydrogens (tertiary/aromatic N) is 1. The Hall–Kier alpha value is -3.81. The molecular formula is C20H16N2O6. The molecule has 4 rings (SSSR count). The number of carbonyl (C=O) groups excluding carboxylic acids is 3. The second-order valence-electron chi connectivity index (χ2n) is 6.26. The van der Waals surface area contributed by atoms with Crippen molar-refractivity contribution in [3.05, 3.63) is 65.4 Å². The van der Waals surface area contributed by atoms with Crippen molar-refractivity contribution in [1.82, 2.24) is 0 Å². The number of aliphatic hydroxyl groups is 1. The summed E-state index contributed by atoms with van der Waals surface area (Å²) in [6.07, 6.45) is 0. The fraction of sp³-hybridized carbons (Fsp3) is 0.150. The van der Waals surface area contributed by atoms with Gasteiger partial charge in [0.05, 0.1) is 14.2 Å². The number of amides is 2. The van der Waals surface area contributed by atoms with Gasteiger partial charge in [0, 0.05) is 16.9 Å². The maximum absolute atomic E-state index is 13.2. The van der Waals surface area contributed by atoms with Gasteiger partial charge in [-0.1, -0.05) is 18.2 Å². The minimum absolute atomic E-state index is 0.308. The second kappa shape index (κ2) is 6.12. The molecule has 0 fully saturated rings. The third-order valence-electron chi connectivity index (χ3n) is 4.95. The van der Waals surface area contributed by atoms with Crippen LogP contribution in [0.25, 0.3) is 0 Å². The summed E-state index contributed by atoms with van der Waals surface area (Å²) in [6, 6.07) is 13.0. The molecule has 0 saturated carbocycles. The fourth-order valence-electron chi connectivity index (χ4n) is 3.75. The van der Waals surface area contributed by atoms with E-state index < -0.39 is 34.7 Å². The Bertz CT molecular complexity index is 1040. The smallest absolute Gasteiger partial charge is 0.341 e. The Kier molecular flexibility index (Phi) is 3.85. The van der Waals surface area contributed by atoms with Crippen molar-refractivity contribution in [2.45, 2.75) is 5.54 Å². The highest BCUT2D eigenvalue weighted by molar-refractivity contribution is 6.27. The van der Waals surface area contributed by atoms with E-state index in [1.54, 1.807) is 48.5 Å². The summed E-state index contributed by atoms with van der Waals surface area (Å²) in [5.41, 5.74) is -1.18. The van der Waals surface area contributed by atoms with Crippen LogP contribution in [-0.4, -0.2) is 37.1 Å². The van der Waals surface area contributed by atoms with Crippen molar-refractivity contribution in [3.63, 3.8) is 0 Å². The van der Waals surface area contributed by atoms with Crippen molar-refractivity contribution in [2.24, 2.45) is 0 Å². The van der Waals surface area contributed by atoms with Gasteiger partial charge in [0.25, 0.3) is 11.8 Å². The molecule has 0 radical (unpaired) electrons. The number of hydrogen-bond acceptors (Lipinski definition) is 6. The number of para-hydroxylation sites is 1. The third kappa shape index (κ3) is 2.08. The molecule has 2 aliphatic heterocycles. The molecule has 8 heteroatoms. The number of esters is 1. The van der Waals surface area contributed by atoms with Gasteiger partial charge in [0.1, 0.15) is 11.3 Å². The Labute approximate surface area is 160 Å². The summed E-state index contributed by atoms with van der Waals surface area (Å²) in [5.74, 6) is -2.76. The monoisotopic (exact) mass is 380 g/mol. The number of nitrogens with one attached hydrogen (secondary N) is 1. The van der Waals surface area contributed by atoms with Crippen LogP contribution in [0.15, 0.2) is 59.9 Å². The van der Waals surface area contributed by atoms with Crippen LogP contribution in [0.2, 0.25) is 0 Å². The van der Waals surface area contributed by atoms with Crippen LogP contribution < -0.4 is 15.0 Å². The van der Waals surface area contributed by atoms with Crippen LogP contribution in [0.1, 0.15) is 5.56 Å². The highest BCUT2D eigenvalue weighted by Crippen LogP contribution is 2.52. The molecule has 0 aromatic heterocycles.